The molecule has 0 atom stereocenters. The number of hydrogen-bond donors (Lipinski definition) is 1. The van der Waals surface area contributed by atoms with Crippen molar-refractivity contribution in [2.45, 2.75) is 6.54 Å². The maximum atomic E-state index is 5.94. The van der Waals surface area contributed by atoms with Gasteiger partial charge in [-0.25, -0.2) is 0 Å². The third kappa shape index (κ3) is 5.47. The normalized spacial score (nSPS) is 14.7. The summed E-state index contributed by atoms with van der Waals surface area (Å²) in [6.45, 7) is 5.20. The first-order chi connectivity index (χ1) is 10.2. The van der Waals surface area contributed by atoms with Crippen molar-refractivity contribution in [2.75, 3.05) is 36.8 Å². The molecule has 0 unspecified atom stereocenters. The minimum atomic E-state index is 0. The first-order valence-electron chi connectivity index (χ1n) is 7.28. The van der Waals surface area contributed by atoms with Crippen molar-refractivity contribution < 1.29 is 0 Å². The second-order valence-electron chi connectivity index (χ2n) is 5.48. The standard InChI is InChI=1S/C17H20ClN3.2ClH/c18-15-4-6-17(7-5-15)21-10-8-20(9-11-21)13-14-2-1-3-16(19)12-14;;/h1-7,12H,8-11,13,19H2;2*1H. The van der Waals surface area contributed by atoms with Crippen LogP contribution in [0, 0.1) is 0 Å². The summed E-state index contributed by atoms with van der Waals surface area (Å²) in [4.78, 5) is 4.88. The molecule has 0 saturated carbocycles. The van der Waals surface area contributed by atoms with E-state index in [9.17, 15) is 0 Å². The smallest absolute Gasteiger partial charge is 0.0407 e. The molecule has 0 spiro atoms. The minimum absolute atomic E-state index is 0. The van der Waals surface area contributed by atoms with E-state index in [1.807, 2.05) is 24.3 Å². The molecular formula is C17H22Cl3N3. The Morgan fingerprint density at radius 2 is 1.57 bits per heavy atom. The Labute approximate surface area is 155 Å². The highest BCUT2D eigenvalue weighted by molar-refractivity contribution is 6.30. The van der Waals surface area contributed by atoms with Gasteiger partial charge in [-0.15, -0.1) is 24.8 Å². The van der Waals surface area contributed by atoms with E-state index in [1.54, 1.807) is 0 Å². The van der Waals surface area contributed by atoms with Gasteiger partial charge in [0.2, 0.25) is 0 Å². The van der Waals surface area contributed by atoms with Gasteiger partial charge < -0.3 is 10.6 Å². The second-order valence-corrected chi connectivity index (χ2v) is 5.92. The lowest BCUT2D eigenvalue weighted by Crippen LogP contribution is -2.45. The van der Waals surface area contributed by atoms with E-state index in [1.165, 1.54) is 11.3 Å². The first-order valence-corrected chi connectivity index (χ1v) is 7.66. The SMILES string of the molecule is Cl.Cl.Nc1cccc(CN2CCN(c3ccc(Cl)cc3)CC2)c1. The van der Waals surface area contributed by atoms with E-state index in [0.29, 0.717) is 0 Å². The zero-order valence-electron chi connectivity index (χ0n) is 12.8. The van der Waals surface area contributed by atoms with E-state index in [0.717, 1.165) is 43.4 Å². The van der Waals surface area contributed by atoms with Gasteiger partial charge in [0.1, 0.15) is 0 Å². The van der Waals surface area contributed by atoms with Crippen LogP contribution in [0.25, 0.3) is 0 Å². The lowest BCUT2D eigenvalue weighted by atomic mass is 10.1. The van der Waals surface area contributed by atoms with Crippen LogP contribution in [0.3, 0.4) is 0 Å². The van der Waals surface area contributed by atoms with Crippen LogP contribution < -0.4 is 10.6 Å². The summed E-state index contributed by atoms with van der Waals surface area (Å²) in [5.41, 5.74) is 9.22. The third-order valence-electron chi connectivity index (χ3n) is 3.92. The molecule has 1 aliphatic rings. The molecule has 2 aromatic rings. The monoisotopic (exact) mass is 373 g/mol. The van der Waals surface area contributed by atoms with Crippen LogP contribution in [-0.2, 0) is 6.54 Å². The van der Waals surface area contributed by atoms with Crippen molar-refractivity contribution in [3.05, 3.63) is 59.1 Å². The summed E-state index contributed by atoms with van der Waals surface area (Å²) in [6.07, 6.45) is 0. The van der Waals surface area contributed by atoms with Crippen LogP contribution in [0.4, 0.5) is 11.4 Å². The second kappa shape index (κ2) is 9.24. The summed E-state index contributed by atoms with van der Waals surface area (Å²) in [7, 11) is 0. The molecule has 3 nitrogen and oxygen atoms in total. The minimum Gasteiger partial charge on any atom is -0.399 e. The molecule has 1 heterocycles. The molecule has 6 heteroatoms. The Bertz CT molecular complexity index is 596. The fourth-order valence-corrected chi connectivity index (χ4v) is 2.89. The molecular weight excluding hydrogens is 353 g/mol. The molecule has 1 aliphatic heterocycles. The van der Waals surface area contributed by atoms with Gasteiger partial charge >= 0.3 is 0 Å². The predicted molar refractivity (Wildman–Crippen MR) is 104 cm³/mol. The molecule has 0 aromatic heterocycles. The number of halogens is 3. The van der Waals surface area contributed by atoms with Crippen molar-refractivity contribution in [3.8, 4) is 0 Å². The molecule has 2 N–H and O–H groups in total. The molecule has 0 amide bonds. The van der Waals surface area contributed by atoms with Crippen LogP contribution in [-0.4, -0.2) is 31.1 Å². The van der Waals surface area contributed by atoms with E-state index < -0.39 is 0 Å². The average molecular weight is 375 g/mol. The number of benzene rings is 2. The van der Waals surface area contributed by atoms with E-state index in [4.69, 9.17) is 17.3 Å². The summed E-state index contributed by atoms with van der Waals surface area (Å²) in [6, 6.07) is 16.3. The van der Waals surface area contributed by atoms with Gasteiger partial charge in [-0.3, -0.25) is 4.90 Å². The number of nitrogens with zero attached hydrogens (tertiary/aromatic N) is 2. The first kappa shape index (κ1) is 19.9. The van der Waals surface area contributed by atoms with E-state index >= 15 is 0 Å². The van der Waals surface area contributed by atoms with Crippen LogP contribution in [0.1, 0.15) is 5.56 Å². The maximum Gasteiger partial charge on any atom is 0.0407 e. The van der Waals surface area contributed by atoms with Gasteiger partial charge in [0.05, 0.1) is 0 Å². The zero-order valence-corrected chi connectivity index (χ0v) is 15.2. The van der Waals surface area contributed by atoms with Gasteiger partial charge in [-0.2, -0.15) is 0 Å². The van der Waals surface area contributed by atoms with Gasteiger partial charge in [0, 0.05) is 49.1 Å². The average Bonchev–Trinajstić information content (AvgIpc) is 2.49. The number of piperazine rings is 1. The summed E-state index contributed by atoms with van der Waals surface area (Å²) < 4.78 is 0. The van der Waals surface area contributed by atoms with Crippen LogP contribution in [0.15, 0.2) is 48.5 Å². The highest BCUT2D eigenvalue weighted by Gasteiger charge is 2.17. The van der Waals surface area contributed by atoms with Crippen molar-refractivity contribution in [2.24, 2.45) is 0 Å². The third-order valence-corrected chi connectivity index (χ3v) is 4.17. The van der Waals surface area contributed by atoms with Crippen molar-refractivity contribution >= 4 is 47.8 Å². The number of nitrogens with two attached hydrogens (primary N) is 1. The van der Waals surface area contributed by atoms with Gasteiger partial charge in [-0.05, 0) is 42.0 Å². The fraction of sp³-hybridized carbons (Fsp3) is 0.294. The van der Waals surface area contributed by atoms with Crippen LogP contribution in [0.5, 0.6) is 0 Å². The molecule has 0 radical (unpaired) electrons. The Morgan fingerprint density at radius 1 is 0.913 bits per heavy atom. The Kier molecular flexibility index (Phi) is 8.00. The Hall–Kier alpha value is -1.13. The summed E-state index contributed by atoms with van der Waals surface area (Å²) in [5, 5.41) is 0.791. The lowest BCUT2D eigenvalue weighted by molar-refractivity contribution is 0.250. The molecule has 0 aliphatic carbocycles. The molecule has 3 rings (SSSR count). The number of anilines is 2. The molecule has 23 heavy (non-hydrogen) atoms. The number of nitrogen functional groups attached to an aromatic ring is 1. The van der Waals surface area contributed by atoms with E-state index in [2.05, 4.69) is 34.1 Å². The molecule has 0 bridgehead atoms. The maximum absolute atomic E-state index is 5.94. The zero-order chi connectivity index (χ0) is 14.7. The molecule has 126 valence electrons. The topological polar surface area (TPSA) is 32.5 Å². The molecule has 2 aromatic carbocycles. The largest absolute Gasteiger partial charge is 0.399 e. The highest BCUT2D eigenvalue weighted by Crippen LogP contribution is 2.20. The van der Waals surface area contributed by atoms with Crippen molar-refractivity contribution in [1.29, 1.82) is 0 Å². The van der Waals surface area contributed by atoms with Crippen molar-refractivity contribution in [3.63, 3.8) is 0 Å². The van der Waals surface area contributed by atoms with Gasteiger partial charge in [-0.1, -0.05) is 23.7 Å². The predicted octanol–water partition coefficient (Wildman–Crippen LogP) is 4.09. The van der Waals surface area contributed by atoms with Gasteiger partial charge in [0.15, 0.2) is 0 Å². The highest BCUT2D eigenvalue weighted by atomic mass is 35.5. The Morgan fingerprint density at radius 3 is 2.17 bits per heavy atom. The fourth-order valence-electron chi connectivity index (χ4n) is 2.77. The lowest BCUT2D eigenvalue weighted by Gasteiger charge is -2.36. The molecule has 1 fully saturated rings. The Balaban J connectivity index is 0.00000132. The van der Waals surface area contributed by atoms with Crippen LogP contribution in [0.2, 0.25) is 5.02 Å². The van der Waals surface area contributed by atoms with Crippen molar-refractivity contribution in [1.82, 2.24) is 4.90 Å². The number of rotatable bonds is 3. The van der Waals surface area contributed by atoms with Gasteiger partial charge in [0.25, 0.3) is 0 Å². The number of hydrogen-bond acceptors (Lipinski definition) is 3. The molecule has 1 saturated heterocycles. The quantitative estimate of drug-likeness (QED) is 0.821. The summed E-state index contributed by atoms with van der Waals surface area (Å²) >= 11 is 5.94. The van der Waals surface area contributed by atoms with E-state index in [-0.39, 0.29) is 24.8 Å². The van der Waals surface area contributed by atoms with Crippen LogP contribution >= 0.6 is 36.4 Å². The summed E-state index contributed by atoms with van der Waals surface area (Å²) in [5.74, 6) is 0.